The van der Waals surface area contributed by atoms with E-state index in [-0.39, 0.29) is 36.8 Å². The second-order valence-corrected chi connectivity index (χ2v) is 7.78. The third-order valence-electron chi connectivity index (χ3n) is 5.79. The van der Waals surface area contributed by atoms with E-state index >= 15 is 0 Å². The van der Waals surface area contributed by atoms with Gasteiger partial charge in [0.25, 0.3) is 5.91 Å². The number of urea groups is 1. The molecule has 3 N–H and O–H groups in total. The molecule has 3 atom stereocenters. The zero-order chi connectivity index (χ0) is 20.5. The summed E-state index contributed by atoms with van der Waals surface area (Å²) in [4.78, 5) is 40.9. The minimum Gasteiger partial charge on any atom is -0.497 e. The maximum Gasteiger partial charge on any atom is 0.325 e. The van der Waals surface area contributed by atoms with Crippen molar-refractivity contribution in [1.29, 1.82) is 0 Å². The fourth-order valence-corrected chi connectivity index (χ4v) is 3.86. The number of nitrogens with zero attached hydrogens (tertiary/aromatic N) is 2. The van der Waals surface area contributed by atoms with Gasteiger partial charge in [0.15, 0.2) is 0 Å². The summed E-state index contributed by atoms with van der Waals surface area (Å²) in [6, 6.07) is 6.38. The zero-order valence-electron chi connectivity index (χ0n) is 17.0. The molecule has 2 fully saturated rings. The van der Waals surface area contributed by atoms with Crippen molar-refractivity contribution in [3.05, 3.63) is 29.8 Å². The Labute approximate surface area is 177 Å². The lowest BCUT2D eigenvalue weighted by Gasteiger charge is -2.35. The Morgan fingerprint density at radius 3 is 2.59 bits per heavy atom. The Morgan fingerprint density at radius 2 is 2.00 bits per heavy atom. The molecule has 4 amide bonds. The van der Waals surface area contributed by atoms with E-state index in [2.05, 4.69) is 5.32 Å². The van der Waals surface area contributed by atoms with Crippen LogP contribution in [-0.2, 0) is 15.1 Å². The molecule has 29 heavy (non-hydrogen) atoms. The van der Waals surface area contributed by atoms with Crippen LogP contribution in [0, 0.1) is 5.92 Å². The number of imide groups is 1. The molecule has 1 aromatic carbocycles. The summed E-state index contributed by atoms with van der Waals surface area (Å²) in [5.41, 5.74) is 5.41. The van der Waals surface area contributed by atoms with Gasteiger partial charge in [-0.15, -0.1) is 12.4 Å². The van der Waals surface area contributed by atoms with Crippen molar-refractivity contribution in [2.75, 3.05) is 26.7 Å². The molecule has 2 heterocycles. The number of benzene rings is 1. The first-order valence-corrected chi connectivity index (χ1v) is 9.58. The van der Waals surface area contributed by atoms with Gasteiger partial charge in [0.05, 0.1) is 7.11 Å². The van der Waals surface area contributed by atoms with Gasteiger partial charge in [0.2, 0.25) is 5.91 Å². The summed E-state index contributed by atoms with van der Waals surface area (Å²) < 4.78 is 5.14. The molecule has 2 aliphatic heterocycles. The van der Waals surface area contributed by atoms with Gasteiger partial charge in [0, 0.05) is 19.1 Å². The fourth-order valence-electron chi connectivity index (χ4n) is 3.86. The van der Waals surface area contributed by atoms with Gasteiger partial charge in [-0.05, 0) is 50.3 Å². The number of carbonyl (C=O) groups excluding carboxylic acids is 3. The van der Waals surface area contributed by atoms with Gasteiger partial charge in [-0.3, -0.25) is 14.5 Å². The maximum absolute atomic E-state index is 13.0. The van der Waals surface area contributed by atoms with E-state index in [1.807, 2.05) is 6.92 Å². The predicted octanol–water partition coefficient (Wildman–Crippen LogP) is 1.47. The minimum atomic E-state index is -1.21. The third kappa shape index (κ3) is 4.48. The van der Waals surface area contributed by atoms with Crippen LogP contribution < -0.4 is 15.8 Å². The molecular formula is C20H29ClN4O4. The summed E-state index contributed by atoms with van der Waals surface area (Å²) in [6.45, 7) is 4.52. The van der Waals surface area contributed by atoms with Crippen LogP contribution in [0.1, 0.15) is 32.3 Å². The Bertz CT molecular complexity index is 770. The standard InChI is InChI=1S/C20H28N4O4.ClH/c1-13(21)14-5-4-10-23(11-14)17(25)12-24-18(26)20(2,22-19(24)27)15-6-8-16(28-3)9-7-15;/h6-9,13-14H,4-5,10-12,21H2,1-3H3,(H,22,27);1H. The van der Waals surface area contributed by atoms with Crippen molar-refractivity contribution in [2.24, 2.45) is 11.7 Å². The van der Waals surface area contributed by atoms with E-state index in [1.165, 1.54) is 0 Å². The van der Waals surface area contributed by atoms with Crippen LogP contribution in [-0.4, -0.2) is 60.4 Å². The second-order valence-electron chi connectivity index (χ2n) is 7.78. The molecule has 1 aromatic rings. The fraction of sp³-hybridized carbons (Fsp3) is 0.550. The van der Waals surface area contributed by atoms with Gasteiger partial charge >= 0.3 is 6.03 Å². The topological polar surface area (TPSA) is 105 Å². The van der Waals surface area contributed by atoms with Crippen LogP contribution in [0.5, 0.6) is 5.75 Å². The molecular weight excluding hydrogens is 396 g/mol. The summed E-state index contributed by atoms with van der Waals surface area (Å²) in [5.74, 6) is 0.236. The highest BCUT2D eigenvalue weighted by Crippen LogP contribution is 2.30. The largest absolute Gasteiger partial charge is 0.497 e. The number of methoxy groups -OCH3 is 1. The molecule has 0 aliphatic carbocycles. The number of nitrogens with one attached hydrogen (secondary N) is 1. The molecule has 0 aromatic heterocycles. The average molecular weight is 425 g/mol. The van der Waals surface area contributed by atoms with Crippen LogP contribution >= 0.6 is 12.4 Å². The molecule has 0 saturated carbocycles. The summed E-state index contributed by atoms with van der Waals surface area (Å²) in [7, 11) is 1.56. The molecule has 3 rings (SSSR count). The number of rotatable bonds is 5. The number of likely N-dealkylation sites (tertiary alicyclic amines) is 1. The van der Waals surface area contributed by atoms with E-state index in [0.29, 0.717) is 24.4 Å². The van der Waals surface area contributed by atoms with Gasteiger partial charge in [-0.2, -0.15) is 0 Å². The lowest BCUT2D eigenvalue weighted by molar-refractivity contribution is -0.140. The number of ether oxygens (including phenoxy) is 1. The van der Waals surface area contributed by atoms with E-state index in [1.54, 1.807) is 43.2 Å². The molecule has 160 valence electrons. The molecule has 3 unspecified atom stereocenters. The summed E-state index contributed by atoms with van der Waals surface area (Å²) in [6.07, 6.45) is 1.86. The number of carbonyl (C=O) groups is 3. The lowest BCUT2D eigenvalue weighted by Crippen LogP contribution is -2.49. The van der Waals surface area contributed by atoms with Crippen LogP contribution in [0.15, 0.2) is 24.3 Å². The van der Waals surface area contributed by atoms with Crippen LogP contribution in [0.3, 0.4) is 0 Å². The van der Waals surface area contributed by atoms with Crippen molar-refractivity contribution >= 4 is 30.3 Å². The van der Waals surface area contributed by atoms with Crippen LogP contribution in [0.2, 0.25) is 0 Å². The first kappa shape index (κ1) is 23.0. The summed E-state index contributed by atoms with van der Waals surface area (Å²) >= 11 is 0. The highest BCUT2D eigenvalue weighted by molar-refractivity contribution is 6.09. The monoisotopic (exact) mass is 424 g/mol. The SMILES string of the molecule is COc1ccc(C2(C)NC(=O)N(CC(=O)N3CCCC(C(C)N)C3)C2=O)cc1.Cl. The quantitative estimate of drug-likeness (QED) is 0.696. The molecule has 9 heteroatoms. The van der Waals surface area contributed by atoms with Crippen molar-refractivity contribution in [2.45, 2.75) is 38.3 Å². The van der Waals surface area contributed by atoms with E-state index < -0.39 is 17.5 Å². The molecule has 8 nitrogen and oxygen atoms in total. The normalized spacial score (nSPS) is 25.3. The Hall–Kier alpha value is -2.32. The Kier molecular flexibility index (Phi) is 7.13. The lowest BCUT2D eigenvalue weighted by atomic mass is 9.91. The van der Waals surface area contributed by atoms with Gasteiger partial charge in [-0.25, -0.2) is 4.79 Å². The molecule has 0 spiro atoms. The second kappa shape index (κ2) is 9.00. The first-order valence-electron chi connectivity index (χ1n) is 9.58. The predicted molar refractivity (Wildman–Crippen MR) is 111 cm³/mol. The molecule has 0 bridgehead atoms. The maximum atomic E-state index is 13.0. The number of nitrogens with two attached hydrogens (primary N) is 1. The van der Waals surface area contributed by atoms with Crippen molar-refractivity contribution in [3.8, 4) is 5.75 Å². The highest BCUT2D eigenvalue weighted by atomic mass is 35.5. The zero-order valence-corrected chi connectivity index (χ0v) is 17.8. The Morgan fingerprint density at radius 1 is 1.34 bits per heavy atom. The van der Waals surface area contributed by atoms with E-state index in [9.17, 15) is 14.4 Å². The third-order valence-corrected chi connectivity index (χ3v) is 5.79. The van der Waals surface area contributed by atoms with E-state index in [0.717, 1.165) is 17.7 Å². The smallest absolute Gasteiger partial charge is 0.325 e. The minimum absolute atomic E-state index is 0. The molecule has 2 aliphatic rings. The number of piperidine rings is 1. The van der Waals surface area contributed by atoms with Gasteiger partial charge in [-0.1, -0.05) is 12.1 Å². The van der Waals surface area contributed by atoms with Gasteiger partial charge in [0.1, 0.15) is 17.8 Å². The number of amides is 4. The average Bonchev–Trinajstić information content (AvgIpc) is 2.92. The summed E-state index contributed by atoms with van der Waals surface area (Å²) in [5, 5.41) is 2.73. The van der Waals surface area contributed by atoms with Crippen molar-refractivity contribution in [1.82, 2.24) is 15.1 Å². The molecule has 2 saturated heterocycles. The van der Waals surface area contributed by atoms with Crippen molar-refractivity contribution in [3.63, 3.8) is 0 Å². The number of hydrogen-bond donors (Lipinski definition) is 2. The number of halogens is 1. The van der Waals surface area contributed by atoms with Gasteiger partial charge < -0.3 is 20.7 Å². The Balaban J connectivity index is 0.00000300. The van der Waals surface area contributed by atoms with E-state index in [4.69, 9.17) is 10.5 Å². The number of hydrogen-bond acceptors (Lipinski definition) is 5. The van der Waals surface area contributed by atoms with Crippen LogP contribution in [0.25, 0.3) is 0 Å². The first-order chi connectivity index (χ1) is 13.3. The highest BCUT2D eigenvalue weighted by Gasteiger charge is 2.49. The van der Waals surface area contributed by atoms with Crippen molar-refractivity contribution < 1.29 is 19.1 Å². The van der Waals surface area contributed by atoms with Crippen LogP contribution in [0.4, 0.5) is 4.79 Å². The molecule has 0 radical (unpaired) electrons.